The van der Waals surface area contributed by atoms with Gasteiger partial charge >= 0.3 is 6.18 Å². The average molecular weight is 222 g/mol. The third-order valence-electron chi connectivity index (χ3n) is 2.29. The van der Waals surface area contributed by atoms with Crippen LogP contribution in [0.5, 0.6) is 0 Å². The summed E-state index contributed by atoms with van der Waals surface area (Å²) in [6.07, 6.45) is -3.41. The number of aliphatic hydroxyl groups excluding tert-OH is 1. The van der Waals surface area contributed by atoms with Gasteiger partial charge in [0.1, 0.15) is 0 Å². The lowest BCUT2D eigenvalue weighted by atomic mass is 10.1. The Bertz CT molecular complexity index is 321. The van der Waals surface area contributed by atoms with Crippen molar-refractivity contribution in [3.05, 3.63) is 18.0 Å². The van der Waals surface area contributed by atoms with Crippen LogP contribution in [0.25, 0.3) is 0 Å². The summed E-state index contributed by atoms with van der Waals surface area (Å²) < 4.78 is 37.8. The molecule has 2 atom stereocenters. The molecule has 0 aromatic carbocycles. The van der Waals surface area contributed by atoms with Crippen LogP contribution in [0.15, 0.2) is 12.3 Å². The van der Waals surface area contributed by atoms with Crippen molar-refractivity contribution in [1.29, 1.82) is 0 Å². The van der Waals surface area contributed by atoms with E-state index in [0.29, 0.717) is 6.42 Å². The van der Waals surface area contributed by atoms with Crippen molar-refractivity contribution in [2.24, 2.45) is 0 Å². The van der Waals surface area contributed by atoms with Gasteiger partial charge in [0.05, 0.1) is 12.1 Å². The van der Waals surface area contributed by atoms with Crippen LogP contribution >= 0.6 is 0 Å². The Balaban J connectivity index is 2.85. The summed E-state index contributed by atoms with van der Waals surface area (Å²) in [7, 11) is 0. The first-order valence-corrected chi connectivity index (χ1v) is 4.66. The van der Waals surface area contributed by atoms with E-state index in [1.54, 1.807) is 13.8 Å². The first-order valence-electron chi connectivity index (χ1n) is 4.66. The predicted molar refractivity (Wildman–Crippen MR) is 48.2 cm³/mol. The van der Waals surface area contributed by atoms with Crippen molar-refractivity contribution in [3.8, 4) is 0 Å². The van der Waals surface area contributed by atoms with Crippen LogP contribution in [0.2, 0.25) is 0 Å². The Kier molecular flexibility index (Phi) is 3.38. The summed E-state index contributed by atoms with van der Waals surface area (Å²) in [5, 5.41) is 12.8. The van der Waals surface area contributed by atoms with Gasteiger partial charge in [0.15, 0.2) is 5.69 Å². The normalized spacial score (nSPS) is 16.4. The fourth-order valence-corrected chi connectivity index (χ4v) is 1.23. The minimum atomic E-state index is -4.43. The van der Waals surface area contributed by atoms with Crippen molar-refractivity contribution < 1.29 is 18.3 Å². The summed E-state index contributed by atoms with van der Waals surface area (Å²) in [5.74, 6) is 0. The van der Waals surface area contributed by atoms with Crippen LogP contribution in [0.3, 0.4) is 0 Å². The molecule has 0 saturated carbocycles. The second-order valence-electron chi connectivity index (χ2n) is 3.39. The maximum Gasteiger partial charge on any atom is 0.435 e. The lowest BCUT2D eigenvalue weighted by Crippen LogP contribution is -2.21. The van der Waals surface area contributed by atoms with Gasteiger partial charge in [0, 0.05) is 6.20 Å². The first kappa shape index (κ1) is 12.0. The van der Waals surface area contributed by atoms with E-state index in [4.69, 9.17) is 0 Å². The highest BCUT2D eigenvalue weighted by Crippen LogP contribution is 2.28. The summed E-state index contributed by atoms with van der Waals surface area (Å²) >= 11 is 0. The molecule has 1 rings (SSSR count). The van der Waals surface area contributed by atoms with E-state index in [1.807, 2.05) is 0 Å². The molecule has 0 radical (unpaired) electrons. The Hall–Kier alpha value is -1.04. The van der Waals surface area contributed by atoms with E-state index in [1.165, 1.54) is 6.20 Å². The van der Waals surface area contributed by atoms with Crippen molar-refractivity contribution >= 4 is 0 Å². The zero-order valence-corrected chi connectivity index (χ0v) is 8.49. The molecule has 6 heteroatoms. The molecule has 0 bridgehead atoms. The zero-order chi connectivity index (χ0) is 11.6. The van der Waals surface area contributed by atoms with E-state index in [-0.39, 0.29) is 0 Å². The van der Waals surface area contributed by atoms with E-state index in [2.05, 4.69) is 5.10 Å². The molecular formula is C9H13F3N2O. The standard InChI is InChI=1S/C9H13F3N2O/c1-3-7(15)6(2)14-5-4-8(13-14)9(10,11)12/h4-7,15H,3H2,1-2H3. The number of aromatic nitrogens is 2. The average Bonchev–Trinajstić information content (AvgIpc) is 2.63. The van der Waals surface area contributed by atoms with E-state index >= 15 is 0 Å². The lowest BCUT2D eigenvalue weighted by molar-refractivity contribution is -0.141. The highest BCUT2D eigenvalue weighted by atomic mass is 19.4. The number of rotatable bonds is 3. The number of halogens is 3. The molecule has 2 unspecified atom stereocenters. The topological polar surface area (TPSA) is 38.0 Å². The smallest absolute Gasteiger partial charge is 0.391 e. The van der Waals surface area contributed by atoms with Gasteiger partial charge in [0.25, 0.3) is 0 Å². The number of hydrogen-bond donors (Lipinski definition) is 1. The van der Waals surface area contributed by atoms with Gasteiger partial charge in [0.2, 0.25) is 0 Å². The van der Waals surface area contributed by atoms with Crippen LogP contribution in [0.4, 0.5) is 13.2 Å². The number of nitrogens with zero attached hydrogens (tertiary/aromatic N) is 2. The second kappa shape index (κ2) is 4.22. The number of hydrogen-bond acceptors (Lipinski definition) is 2. The van der Waals surface area contributed by atoms with Crippen molar-refractivity contribution in [2.45, 2.75) is 38.6 Å². The first-order chi connectivity index (χ1) is 6.86. The van der Waals surface area contributed by atoms with Gasteiger partial charge in [-0.2, -0.15) is 18.3 Å². The van der Waals surface area contributed by atoms with Gasteiger partial charge < -0.3 is 5.11 Å². The van der Waals surface area contributed by atoms with E-state index < -0.39 is 24.0 Å². The number of alkyl halides is 3. The Morgan fingerprint density at radius 1 is 1.53 bits per heavy atom. The summed E-state index contributed by atoms with van der Waals surface area (Å²) in [6, 6.07) is 0.449. The van der Waals surface area contributed by atoms with Crippen molar-refractivity contribution in [3.63, 3.8) is 0 Å². The SMILES string of the molecule is CCC(O)C(C)n1ccc(C(F)(F)F)n1. The van der Waals surface area contributed by atoms with Crippen LogP contribution in [-0.2, 0) is 6.18 Å². The van der Waals surface area contributed by atoms with Gasteiger partial charge in [-0.15, -0.1) is 0 Å². The maximum atomic E-state index is 12.2. The molecule has 1 aromatic rings. The molecule has 1 aromatic heterocycles. The molecule has 1 heterocycles. The second-order valence-corrected chi connectivity index (χ2v) is 3.39. The summed E-state index contributed by atoms with van der Waals surface area (Å²) in [6.45, 7) is 3.39. The monoisotopic (exact) mass is 222 g/mol. The van der Waals surface area contributed by atoms with Crippen LogP contribution in [-0.4, -0.2) is 21.0 Å². The maximum absolute atomic E-state index is 12.2. The molecule has 0 aliphatic carbocycles. The fraction of sp³-hybridized carbons (Fsp3) is 0.667. The molecule has 3 nitrogen and oxygen atoms in total. The van der Waals surface area contributed by atoms with E-state index in [0.717, 1.165) is 10.7 Å². The van der Waals surface area contributed by atoms with E-state index in [9.17, 15) is 18.3 Å². The summed E-state index contributed by atoms with van der Waals surface area (Å²) in [4.78, 5) is 0. The summed E-state index contributed by atoms with van der Waals surface area (Å²) in [5.41, 5.74) is -0.933. The lowest BCUT2D eigenvalue weighted by Gasteiger charge is -2.17. The molecule has 0 aliphatic heterocycles. The fourth-order valence-electron chi connectivity index (χ4n) is 1.23. The minimum absolute atomic E-state index is 0.453. The molecule has 0 aliphatic rings. The quantitative estimate of drug-likeness (QED) is 0.851. The third-order valence-corrected chi connectivity index (χ3v) is 2.29. The van der Waals surface area contributed by atoms with Gasteiger partial charge in [-0.05, 0) is 19.4 Å². The van der Waals surface area contributed by atoms with Gasteiger partial charge in [-0.25, -0.2) is 0 Å². The van der Waals surface area contributed by atoms with Crippen LogP contribution in [0.1, 0.15) is 32.0 Å². The molecular weight excluding hydrogens is 209 g/mol. The zero-order valence-electron chi connectivity index (χ0n) is 8.49. The van der Waals surface area contributed by atoms with Gasteiger partial charge in [-0.3, -0.25) is 4.68 Å². The number of aliphatic hydroxyl groups is 1. The minimum Gasteiger partial charge on any atom is -0.391 e. The highest BCUT2D eigenvalue weighted by molar-refractivity contribution is 5.04. The molecule has 1 N–H and O–H groups in total. The Labute approximate surface area is 85.5 Å². The van der Waals surface area contributed by atoms with Crippen LogP contribution < -0.4 is 0 Å². The third kappa shape index (κ3) is 2.71. The Morgan fingerprint density at radius 2 is 2.13 bits per heavy atom. The molecule has 0 spiro atoms. The van der Waals surface area contributed by atoms with Crippen LogP contribution in [0, 0.1) is 0 Å². The largest absolute Gasteiger partial charge is 0.435 e. The van der Waals surface area contributed by atoms with Crippen molar-refractivity contribution in [2.75, 3.05) is 0 Å². The van der Waals surface area contributed by atoms with Crippen molar-refractivity contribution in [1.82, 2.24) is 9.78 Å². The Morgan fingerprint density at radius 3 is 2.53 bits per heavy atom. The van der Waals surface area contributed by atoms with Gasteiger partial charge in [-0.1, -0.05) is 6.92 Å². The highest BCUT2D eigenvalue weighted by Gasteiger charge is 2.34. The molecule has 86 valence electrons. The predicted octanol–water partition coefficient (Wildman–Crippen LogP) is 2.23. The molecule has 0 amide bonds. The molecule has 0 saturated heterocycles. The molecule has 15 heavy (non-hydrogen) atoms. The molecule has 0 fully saturated rings.